The van der Waals surface area contributed by atoms with Crippen LogP contribution >= 0.6 is 47.8 Å². The van der Waals surface area contributed by atoms with Gasteiger partial charge in [-0.3, -0.25) is 0 Å². The van der Waals surface area contributed by atoms with Gasteiger partial charge in [-0.1, -0.05) is 54.7 Å². The Labute approximate surface area is 81.1 Å². The standard InChI is InChI=1S/C5H10Br3N/c1-2-4(9)3-5(6,7)8/h4H,2-3,9H2,1H3. The summed E-state index contributed by atoms with van der Waals surface area (Å²) in [4.78, 5) is 0. The van der Waals surface area contributed by atoms with Gasteiger partial charge in [0.1, 0.15) is 2.14 Å². The van der Waals surface area contributed by atoms with E-state index in [1.54, 1.807) is 0 Å². The van der Waals surface area contributed by atoms with Gasteiger partial charge in [0, 0.05) is 6.04 Å². The molecule has 1 atom stereocenters. The second-order valence-corrected chi connectivity index (χ2v) is 9.24. The van der Waals surface area contributed by atoms with Crippen molar-refractivity contribution in [2.75, 3.05) is 0 Å². The van der Waals surface area contributed by atoms with Gasteiger partial charge in [0.15, 0.2) is 0 Å². The molecule has 1 unspecified atom stereocenters. The van der Waals surface area contributed by atoms with Gasteiger partial charge >= 0.3 is 0 Å². The van der Waals surface area contributed by atoms with Crippen molar-refractivity contribution in [1.29, 1.82) is 0 Å². The maximum absolute atomic E-state index is 5.67. The number of nitrogens with two attached hydrogens (primary N) is 1. The largest absolute Gasteiger partial charge is 0.328 e. The van der Waals surface area contributed by atoms with Crippen molar-refractivity contribution in [3.05, 3.63) is 0 Å². The molecule has 0 aliphatic heterocycles. The number of alkyl halides is 3. The maximum Gasteiger partial charge on any atom is 0.136 e. The molecular formula is C5H10Br3N. The van der Waals surface area contributed by atoms with Crippen molar-refractivity contribution in [2.24, 2.45) is 5.73 Å². The number of rotatable bonds is 2. The van der Waals surface area contributed by atoms with E-state index in [1.165, 1.54) is 0 Å². The Morgan fingerprint density at radius 1 is 1.44 bits per heavy atom. The van der Waals surface area contributed by atoms with Gasteiger partial charge in [0.25, 0.3) is 0 Å². The monoisotopic (exact) mass is 321 g/mol. The highest BCUT2D eigenvalue weighted by molar-refractivity contribution is 9.39. The van der Waals surface area contributed by atoms with Crippen molar-refractivity contribution < 1.29 is 0 Å². The van der Waals surface area contributed by atoms with Crippen molar-refractivity contribution in [3.63, 3.8) is 0 Å². The number of halogens is 3. The third-order valence-electron chi connectivity index (χ3n) is 1.02. The maximum atomic E-state index is 5.67. The summed E-state index contributed by atoms with van der Waals surface area (Å²) in [5.41, 5.74) is 5.67. The smallest absolute Gasteiger partial charge is 0.136 e. The van der Waals surface area contributed by atoms with Crippen LogP contribution in [0.4, 0.5) is 0 Å². The van der Waals surface area contributed by atoms with Gasteiger partial charge in [-0.2, -0.15) is 0 Å². The van der Waals surface area contributed by atoms with Crippen LogP contribution < -0.4 is 5.73 Å². The molecule has 0 saturated heterocycles. The van der Waals surface area contributed by atoms with E-state index < -0.39 is 0 Å². The lowest BCUT2D eigenvalue weighted by Crippen LogP contribution is -2.23. The molecule has 0 spiro atoms. The van der Waals surface area contributed by atoms with E-state index >= 15 is 0 Å². The van der Waals surface area contributed by atoms with Crippen molar-refractivity contribution in [3.8, 4) is 0 Å². The van der Waals surface area contributed by atoms with Crippen molar-refractivity contribution in [1.82, 2.24) is 0 Å². The van der Waals surface area contributed by atoms with Gasteiger partial charge in [-0.05, 0) is 12.8 Å². The molecule has 0 bridgehead atoms. The Bertz CT molecular complexity index is 78.8. The summed E-state index contributed by atoms with van der Waals surface area (Å²) in [7, 11) is 0. The van der Waals surface area contributed by atoms with Crippen LogP contribution in [-0.2, 0) is 0 Å². The molecule has 4 heteroatoms. The second kappa shape index (κ2) is 4.31. The van der Waals surface area contributed by atoms with E-state index in [4.69, 9.17) is 5.73 Å². The van der Waals surface area contributed by atoms with Crippen LogP contribution in [0.1, 0.15) is 19.8 Å². The molecule has 0 rings (SSSR count). The Hall–Kier alpha value is 1.40. The summed E-state index contributed by atoms with van der Waals surface area (Å²) in [5.74, 6) is 0. The van der Waals surface area contributed by atoms with E-state index in [9.17, 15) is 0 Å². The van der Waals surface area contributed by atoms with Crippen LogP contribution in [0.3, 0.4) is 0 Å². The van der Waals surface area contributed by atoms with E-state index in [1.807, 2.05) is 0 Å². The number of hydrogen-bond donors (Lipinski definition) is 1. The lowest BCUT2D eigenvalue weighted by atomic mass is 10.2. The average molecular weight is 324 g/mol. The molecule has 56 valence electrons. The summed E-state index contributed by atoms with van der Waals surface area (Å²) in [6.45, 7) is 2.07. The zero-order valence-electron chi connectivity index (χ0n) is 5.20. The zero-order chi connectivity index (χ0) is 7.49. The minimum atomic E-state index is -0.164. The minimum Gasteiger partial charge on any atom is -0.328 e. The average Bonchev–Trinajstić information content (AvgIpc) is 1.62. The summed E-state index contributed by atoms with van der Waals surface area (Å²) >= 11 is 10.1. The first kappa shape index (κ1) is 10.4. The first-order valence-electron chi connectivity index (χ1n) is 2.78. The van der Waals surface area contributed by atoms with Crippen molar-refractivity contribution >= 4 is 47.8 Å². The first-order chi connectivity index (χ1) is 3.95. The Morgan fingerprint density at radius 3 is 2.00 bits per heavy atom. The molecule has 2 N–H and O–H groups in total. The fourth-order valence-corrected chi connectivity index (χ4v) is 1.69. The zero-order valence-corrected chi connectivity index (χ0v) is 9.96. The summed E-state index contributed by atoms with van der Waals surface area (Å²) in [6, 6.07) is 0.253. The van der Waals surface area contributed by atoms with Crippen LogP contribution in [0.5, 0.6) is 0 Å². The Kier molecular flexibility index (Phi) is 4.98. The van der Waals surface area contributed by atoms with E-state index in [2.05, 4.69) is 54.7 Å². The quantitative estimate of drug-likeness (QED) is 0.777. The molecule has 1 nitrogen and oxygen atoms in total. The van der Waals surface area contributed by atoms with Crippen molar-refractivity contribution in [2.45, 2.75) is 28.0 Å². The molecule has 0 fully saturated rings. The Balaban J connectivity index is 3.47. The van der Waals surface area contributed by atoms with Gasteiger partial charge in [-0.25, -0.2) is 0 Å². The highest BCUT2D eigenvalue weighted by Gasteiger charge is 2.20. The third-order valence-corrected chi connectivity index (χ3v) is 1.99. The van der Waals surface area contributed by atoms with Gasteiger partial charge in [0.2, 0.25) is 0 Å². The predicted octanol–water partition coefficient (Wildman–Crippen LogP) is 2.95. The topological polar surface area (TPSA) is 26.0 Å². The fraction of sp³-hybridized carbons (Fsp3) is 1.00. The molecule has 0 radical (unpaired) electrons. The molecule has 0 saturated carbocycles. The summed E-state index contributed by atoms with van der Waals surface area (Å²) < 4.78 is -0.164. The molecule has 0 amide bonds. The molecule has 9 heavy (non-hydrogen) atoms. The lowest BCUT2D eigenvalue weighted by molar-refractivity contribution is 0.621. The lowest BCUT2D eigenvalue weighted by Gasteiger charge is -2.16. The second-order valence-electron chi connectivity index (χ2n) is 1.99. The van der Waals surface area contributed by atoms with Gasteiger partial charge in [0.05, 0.1) is 0 Å². The molecule has 0 aliphatic carbocycles. The minimum absolute atomic E-state index is 0.164. The van der Waals surface area contributed by atoms with Crippen LogP contribution in [0, 0.1) is 0 Å². The molecule has 0 heterocycles. The summed E-state index contributed by atoms with van der Waals surface area (Å²) in [6.07, 6.45) is 1.88. The highest BCUT2D eigenvalue weighted by Crippen LogP contribution is 2.37. The molecule has 0 aromatic rings. The van der Waals surface area contributed by atoms with E-state index in [-0.39, 0.29) is 8.18 Å². The molecule has 0 aliphatic rings. The fourth-order valence-electron chi connectivity index (χ4n) is 0.442. The molecule has 0 aromatic heterocycles. The SMILES string of the molecule is CCC(N)CC(Br)(Br)Br. The van der Waals surface area contributed by atoms with Crippen LogP contribution in [0.15, 0.2) is 0 Å². The molecule has 0 aromatic carbocycles. The van der Waals surface area contributed by atoms with Gasteiger partial charge < -0.3 is 5.73 Å². The first-order valence-corrected chi connectivity index (χ1v) is 5.16. The van der Waals surface area contributed by atoms with Crippen LogP contribution in [0.25, 0.3) is 0 Å². The van der Waals surface area contributed by atoms with Gasteiger partial charge in [-0.15, -0.1) is 0 Å². The highest BCUT2D eigenvalue weighted by atomic mass is 80.0. The third kappa shape index (κ3) is 7.30. The normalized spacial score (nSPS) is 15.7. The van der Waals surface area contributed by atoms with E-state index in [0.717, 1.165) is 12.8 Å². The van der Waals surface area contributed by atoms with Crippen LogP contribution in [-0.4, -0.2) is 8.18 Å². The summed E-state index contributed by atoms with van der Waals surface area (Å²) in [5, 5.41) is 0. The Morgan fingerprint density at radius 2 is 1.89 bits per heavy atom. The number of hydrogen-bond acceptors (Lipinski definition) is 1. The molecular weight excluding hydrogens is 314 g/mol. The van der Waals surface area contributed by atoms with Crippen LogP contribution in [0.2, 0.25) is 0 Å². The predicted molar refractivity (Wildman–Crippen MR) is 52.4 cm³/mol. The van der Waals surface area contributed by atoms with E-state index in [0.29, 0.717) is 0 Å².